The van der Waals surface area contributed by atoms with Crippen LogP contribution in [0.15, 0.2) is 65.1 Å². The summed E-state index contributed by atoms with van der Waals surface area (Å²) in [6, 6.07) is 15.8. The third-order valence-corrected chi connectivity index (χ3v) is 5.75. The molecule has 0 spiro atoms. The SMILES string of the molecule is C/C(=N\NC(=O)CCCOc1ccc(Cl)cc1Cl)c1ccc(NC(=O)c2cccs2)cc1. The molecule has 166 valence electrons. The fourth-order valence-corrected chi connectivity index (χ4v) is 3.75. The zero-order chi connectivity index (χ0) is 22.9. The number of anilines is 1. The summed E-state index contributed by atoms with van der Waals surface area (Å²) in [5.74, 6) is 0.170. The fraction of sp³-hybridized carbons (Fsp3) is 0.174. The van der Waals surface area contributed by atoms with Crippen molar-refractivity contribution >= 4 is 57.8 Å². The smallest absolute Gasteiger partial charge is 0.265 e. The molecule has 32 heavy (non-hydrogen) atoms. The van der Waals surface area contributed by atoms with E-state index in [0.29, 0.717) is 45.1 Å². The van der Waals surface area contributed by atoms with Gasteiger partial charge < -0.3 is 10.1 Å². The highest BCUT2D eigenvalue weighted by atomic mass is 35.5. The molecule has 2 aromatic carbocycles. The molecule has 0 radical (unpaired) electrons. The Labute approximate surface area is 200 Å². The van der Waals surface area contributed by atoms with Gasteiger partial charge in [0.25, 0.3) is 5.91 Å². The molecule has 3 aromatic rings. The van der Waals surface area contributed by atoms with Crippen LogP contribution in [0.5, 0.6) is 5.75 Å². The first-order valence-corrected chi connectivity index (χ1v) is 11.4. The first-order valence-electron chi connectivity index (χ1n) is 9.78. The second kappa shape index (κ2) is 11.7. The molecule has 9 heteroatoms. The monoisotopic (exact) mass is 489 g/mol. The van der Waals surface area contributed by atoms with Gasteiger partial charge in [-0.1, -0.05) is 41.4 Å². The molecule has 0 unspecified atom stereocenters. The Kier molecular flexibility index (Phi) is 8.67. The zero-order valence-corrected chi connectivity index (χ0v) is 19.6. The van der Waals surface area contributed by atoms with Crippen molar-refractivity contribution in [3.8, 4) is 5.75 Å². The van der Waals surface area contributed by atoms with Gasteiger partial charge in [0, 0.05) is 17.1 Å². The number of carbonyl (C=O) groups is 2. The highest BCUT2D eigenvalue weighted by Gasteiger charge is 2.08. The Hall–Kier alpha value is -2.87. The van der Waals surface area contributed by atoms with Crippen LogP contribution in [0.4, 0.5) is 5.69 Å². The van der Waals surface area contributed by atoms with Crippen molar-refractivity contribution in [3.05, 3.63) is 80.5 Å². The minimum atomic E-state index is -0.213. The topological polar surface area (TPSA) is 79.8 Å². The number of nitrogens with one attached hydrogen (secondary N) is 2. The zero-order valence-electron chi connectivity index (χ0n) is 17.2. The van der Waals surface area contributed by atoms with Gasteiger partial charge in [0.1, 0.15) is 5.75 Å². The molecule has 6 nitrogen and oxygen atoms in total. The van der Waals surface area contributed by atoms with Gasteiger partial charge in [-0.25, -0.2) is 5.43 Å². The number of hydrogen-bond donors (Lipinski definition) is 2. The Morgan fingerprint density at radius 2 is 1.88 bits per heavy atom. The molecule has 3 rings (SSSR count). The number of hydrazone groups is 1. The van der Waals surface area contributed by atoms with Crippen LogP contribution >= 0.6 is 34.5 Å². The molecule has 1 heterocycles. The van der Waals surface area contributed by atoms with E-state index in [2.05, 4.69) is 15.8 Å². The van der Waals surface area contributed by atoms with E-state index in [1.165, 1.54) is 11.3 Å². The third kappa shape index (κ3) is 7.09. The quantitative estimate of drug-likeness (QED) is 0.219. The summed E-state index contributed by atoms with van der Waals surface area (Å²) in [6.45, 7) is 2.14. The van der Waals surface area contributed by atoms with Crippen LogP contribution in [0.2, 0.25) is 10.0 Å². The van der Waals surface area contributed by atoms with Crippen LogP contribution < -0.4 is 15.5 Å². The number of amides is 2. The van der Waals surface area contributed by atoms with Crippen molar-refractivity contribution in [2.75, 3.05) is 11.9 Å². The molecule has 0 atom stereocenters. The van der Waals surface area contributed by atoms with Crippen LogP contribution in [0.1, 0.15) is 35.0 Å². The summed E-state index contributed by atoms with van der Waals surface area (Å²) in [5.41, 5.74) is 4.72. The molecule has 2 N–H and O–H groups in total. The Bertz CT molecular complexity index is 1100. The van der Waals surface area contributed by atoms with Gasteiger partial charge in [-0.2, -0.15) is 5.10 Å². The number of carbonyl (C=O) groups excluding carboxylic acids is 2. The number of halogens is 2. The van der Waals surface area contributed by atoms with Gasteiger partial charge in [0.05, 0.1) is 22.2 Å². The summed E-state index contributed by atoms with van der Waals surface area (Å²) in [5, 5.41) is 9.80. The van der Waals surface area contributed by atoms with Gasteiger partial charge >= 0.3 is 0 Å². The summed E-state index contributed by atoms with van der Waals surface area (Å²) < 4.78 is 5.56. The summed E-state index contributed by atoms with van der Waals surface area (Å²) in [6.07, 6.45) is 0.771. The molecule has 0 aliphatic rings. The largest absolute Gasteiger partial charge is 0.492 e. The molecule has 1 aromatic heterocycles. The summed E-state index contributed by atoms with van der Waals surface area (Å²) >= 11 is 13.3. The van der Waals surface area contributed by atoms with Crippen LogP contribution in [0.25, 0.3) is 0 Å². The molecule has 0 aliphatic heterocycles. The van der Waals surface area contributed by atoms with Crippen LogP contribution in [0, 0.1) is 0 Å². The van der Waals surface area contributed by atoms with Crippen LogP contribution in [-0.4, -0.2) is 24.1 Å². The molecule has 2 amide bonds. The van der Waals surface area contributed by atoms with Gasteiger partial charge in [0.2, 0.25) is 5.91 Å². The second-order valence-electron chi connectivity index (χ2n) is 6.77. The minimum Gasteiger partial charge on any atom is -0.492 e. The maximum atomic E-state index is 12.1. The van der Waals surface area contributed by atoms with E-state index in [1.54, 1.807) is 43.3 Å². The van der Waals surface area contributed by atoms with Crippen LogP contribution in [0.3, 0.4) is 0 Å². The lowest BCUT2D eigenvalue weighted by Crippen LogP contribution is -2.19. The van der Waals surface area contributed by atoms with E-state index < -0.39 is 0 Å². The van der Waals surface area contributed by atoms with Gasteiger partial charge in [-0.05, 0) is 60.7 Å². The lowest BCUT2D eigenvalue weighted by molar-refractivity contribution is -0.121. The second-order valence-corrected chi connectivity index (χ2v) is 8.56. The number of nitrogens with zero attached hydrogens (tertiary/aromatic N) is 1. The van der Waals surface area contributed by atoms with E-state index in [-0.39, 0.29) is 18.2 Å². The first-order chi connectivity index (χ1) is 15.4. The van der Waals surface area contributed by atoms with E-state index in [4.69, 9.17) is 27.9 Å². The Morgan fingerprint density at radius 3 is 2.56 bits per heavy atom. The molecular weight excluding hydrogens is 469 g/mol. The molecule has 0 aliphatic carbocycles. The van der Waals surface area contributed by atoms with Crippen molar-refractivity contribution in [1.82, 2.24) is 5.43 Å². The standard InChI is InChI=1S/C23H21Cl2N3O3S/c1-15(16-6-9-18(10-7-16)26-23(30)21-4-3-13-32-21)27-28-22(29)5-2-12-31-20-11-8-17(24)14-19(20)25/h3-4,6-11,13-14H,2,5,12H2,1H3,(H,26,30)(H,28,29)/b27-15+. The van der Waals surface area contributed by atoms with Gasteiger partial charge in [-0.3, -0.25) is 9.59 Å². The predicted molar refractivity (Wildman–Crippen MR) is 130 cm³/mol. The third-order valence-electron chi connectivity index (χ3n) is 4.35. The molecule has 0 saturated carbocycles. The average Bonchev–Trinajstić information content (AvgIpc) is 3.32. The van der Waals surface area contributed by atoms with E-state index >= 15 is 0 Å². The maximum Gasteiger partial charge on any atom is 0.265 e. The number of rotatable bonds is 9. The fourth-order valence-electron chi connectivity index (χ4n) is 2.67. The lowest BCUT2D eigenvalue weighted by Gasteiger charge is -2.08. The minimum absolute atomic E-state index is 0.146. The lowest BCUT2D eigenvalue weighted by atomic mass is 10.1. The Morgan fingerprint density at radius 1 is 1.09 bits per heavy atom. The van der Waals surface area contributed by atoms with Crippen LogP contribution in [-0.2, 0) is 4.79 Å². The van der Waals surface area contributed by atoms with Crippen molar-refractivity contribution in [2.45, 2.75) is 19.8 Å². The molecule has 0 saturated heterocycles. The summed E-state index contributed by atoms with van der Waals surface area (Å²) in [7, 11) is 0. The van der Waals surface area contributed by atoms with E-state index in [1.807, 2.05) is 23.6 Å². The maximum absolute atomic E-state index is 12.1. The number of hydrogen-bond acceptors (Lipinski definition) is 5. The summed E-state index contributed by atoms with van der Waals surface area (Å²) in [4.78, 5) is 24.8. The molecule has 0 fully saturated rings. The number of benzene rings is 2. The highest BCUT2D eigenvalue weighted by Crippen LogP contribution is 2.27. The molecular formula is C23H21Cl2N3O3S. The number of ether oxygens (including phenoxy) is 1. The highest BCUT2D eigenvalue weighted by molar-refractivity contribution is 7.12. The van der Waals surface area contributed by atoms with Crippen molar-refractivity contribution < 1.29 is 14.3 Å². The van der Waals surface area contributed by atoms with Gasteiger partial charge in [0.15, 0.2) is 0 Å². The van der Waals surface area contributed by atoms with E-state index in [0.717, 1.165) is 5.56 Å². The average molecular weight is 490 g/mol. The van der Waals surface area contributed by atoms with Crippen molar-refractivity contribution in [3.63, 3.8) is 0 Å². The van der Waals surface area contributed by atoms with E-state index in [9.17, 15) is 9.59 Å². The normalized spacial score (nSPS) is 11.2. The molecule has 0 bridgehead atoms. The van der Waals surface area contributed by atoms with Gasteiger partial charge in [-0.15, -0.1) is 11.3 Å². The van der Waals surface area contributed by atoms with Crippen molar-refractivity contribution in [2.24, 2.45) is 5.10 Å². The van der Waals surface area contributed by atoms with Crippen molar-refractivity contribution in [1.29, 1.82) is 0 Å². The Balaban J connectivity index is 1.42. The number of thiophene rings is 1. The first kappa shape index (κ1) is 23.8. The predicted octanol–water partition coefficient (Wildman–Crippen LogP) is 6.01.